The van der Waals surface area contributed by atoms with Crippen LogP contribution in [0.15, 0.2) is 18.5 Å². The smallest absolute Gasteiger partial charge is 0.360 e. The van der Waals surface area contributed by atoms with Crippen molar-refractivity contribution < 1.29 is 14.3 Å². The maximum atomic E-state index is 11.6. The van der Waals surface area contributed by atoms with E-state index < -0.39 is 5.97 Å². The topological polar surface area (TPSA) is 79.1 Å². The summed E-state index contributed by atoms with van der Waals surface area (Å²) in [4.78, 5) is 15.5. The molecule has 0 unspecified atom stereocenters. The molecule has 0 aromatic carbocycles. The van der Waals surface area contributed by atoms with Gasteiger partial charge in [0.2, 0.25) is 0 Å². The summed E-state index contributed by atoms with van der Waals surface area (Å²) in [6, 6.07) is 1.78. The van der Waals surface area contributed by atoms with E-state index in [4.69, 9.17) is 16.3 Å². The molecule has 0 fully saturated rings. The molecule has 106 valence electrons. The molecule has 2 heterocycles. The molecule has 0 spiro atoms. The van der Waals surface area contributed by atoms with Gasteiger partial charge in [0.1, 0.15) is 0 Å². The third-order valence-electron chi connectivity index (χ3n) is 2.67. The summed E-state index contributed by atoms with van der Waals surface area (Å²) in [5, 5.41) is 8.30. The number of halogens is 1. The number of ether oxygens (including phenoxy) is 2. The predicted molar refractivity (Wildman–Crippen MR) is 70.4 cm³/mol. The van der Waals surface area contributed by atoms with Crippen molar-refractivity contribution >= 4 is 17.6 Å². The molecule has 0 amide bonds. The van der Waals surface area contributed by atoms with E-state index in [1.807, 2.05) is 0 Å². The molecule has 0 aliphatic heterocycles. The summed E-state index contributed by atoms with van der Waals surface area (Å²) in [5.41, 5.74) is 1.49. The third-order valence-corrected chi connectivity index (χ3v) is 3.01. The van der Waals surface area contributed by atoms with Crippen molar-refractivity contribution in [1.29, 1.82) is 0 Å². The highest BCUT2D eigenvalue weighted by atomic mass is 35.5. The minimum absolute atomic E-state index is 0.138. The Kier molecular flexibility index (Phi) is 4.65. The van der Waals surface area contributed by atoms with Gasteiger partial charge in [0.15, 0.2) is 5.69 Å². The first-order chi connectivity index (χ1) is 9.67. The van der Waals surface area contributed by atoms with Crippen molar-refractivity contribution in [1.82, 2.24) is 20.0 Å². The van der Waals surface area contributed by atoms with Crippen LogP contribution in [-0.2, 0) is 22.6 Å². The highest BCUT2D eigenvalue weighted by Gasteiger charge is 2.20. The second kappa shape index (κ2) is 6.44. The molecule has 2 aromatic rings. The van der Waals surface area contributed by atoms with Crippen LogP contribution in [0, 0.1) is 0 Å². The van der Waals surface area contributed by atoms with Gasteiger partial charge in [-0.3, -0.25) is 4.98 Å². The van der Waals surface area contributed by atoms with Crippen LogP contribution in [0.1, 0.15) is 21.7 Å². The van der Waals surface area contributed by atoms with E-state index in [1.54, 1.807) is 23.1 Å². The molecule has 2 aromatic heterocycles. The van der Waals surface area contributed by atoms with E-state index in [9.17, 15) is 4.79 Å². The Morgan fingerprint density at radius 1 is 1.45 bits per heavy atom. The fourth-order valence-electron chi connectivity index (χ4n) is 1.69. The van der Waals surface area contributed by atoms with Crippen molar-refractivity contribution in [2.24, 2.45) is 0 Å². The van der Waals surface area contributed by atoms with Gasteiger partial charge in [-0.05, 0) is 11.6 Å². The first-order valence-corrected chi connectivity index (χ1v) is 6.13. The molecule has 0 aliphatic carbocycles. The number of hydrogen-bond acceptors (Lipinski definition) is 6. The molecular weight excluding hydrogens is 284 g/mol. The van der Waals surface area contributed by atoms with Gasteiger partial charge in [-0.1, -0.05) is 16.8 Å². The van der Waals surface area contributed by atoms with Gasteiger partial charge in [-0.25, -0.2) is 9.48 Å². The Balaban J connectivity index is 2.34. The second-order valence-electron chi connectivity index (χ2n) is 3.93. The minimum Gasteiger partial charge on any atom is -0.464 e. The fraction of sp³-hybridized carbons (Fsp3) is 0.333. The zero-order valence-corrected chi connectivity index (χ0v) is 11.8. The summed E-state index contributed by atoms with van der Waals surface area (Å²) >= 11 is 6.05. The number of pyridine rings is 1. The molecule has 20 heavy (non-hydrogen) atoms. The van der Waals surface area contributed by atoms with Crippen LogP contribution < -0.4 is 0 Å². The standard InChI is InChI=1S/C12H13ClN4O3/c1-19-7-10-11(12(18)20-2)15-16-17(10)6-8-3-4-14-5-9(8)13/h3-5H,6-7H2,1-2H3. The molecule has 0 bridgehead atoms. The maximum Gasteiger partial charge on any atom is 0.360 e. The first-order valence-electron chi connectivity index (χ1n) is 5.75. The lowest BCUT2D eigenvalue weighted by molar-refractivity contribution is 0.0588. The van der Waals surface area contributed by atoms with Gasteiger partial charge in [0.05, 0.1) is 31.0 Å². The lowest BCUT2D eigenvalue weighted by atomic mass is 10.2. The van der Waals surface area contributed by atoms with Crippen LogP contribution in [0.5, 0.6) is 0 Å². The Bertz CT molecular complexity index is 614. The summed E-state index contributed by atoms with van der Waals surface area (Å²) in [5.74, 6) is -0.552. The molecule has 0 saturated heterocycles. The molecule has 8 heteroatoms. The Morgan fingerprint density at radius 3 is 2.90 bits per heavy atom. The van der Waals surface area contributed by atoms with Crippen LogP contribution >= 0.6 is 11.6 Å². The van der Waals surface area contributed by atoms with Crippen molar-refractivity contribution in [3.63, 3.8) is 0 Å². The van der Waals surface area contributed by atoms with Crippen molar-refractivity contribution in [2.45, 2.75) is 13.2 Å². The molecular formula is C12H13ClN4O3. The van der Waals surface area contributed by atoms with E-state index in [0.717, 1.165) is 5.56 Å². The largest absolute Gasteiger partial charge is 0.464 e. The third kappa shape index (κ3) is 2.94. The SMILES string of the molecule is COCc1c(C(=O)OC)nnn1Cc1ccncc1Cl. The zero-order chi connectivity index (χ0) is 14.5. The van der Waals surface area contributed by atoms with Gasteiger partial charge < -0.3 is 9.47 Å². The average molecular weight is 297 g/mol. The van der Waals surface area contributed by atoms with Crippen LogP contribution in [0.3, 0.4) is 0 Å². The van der Waals surface area contributed by atoms with E-state index in [1.165, 1.54) is 14.2 Å². The van der Waals surface area contributed by atoms with Crippen molar-refractivity contribution in [2.75, 3.05) is 14.2 Å². The number of nitrogens with zero attached hydrogens (tertiary/aromatic N) is 4. The Hall–Kier alpha value is -1.99. The number of carbonyl (C=O) groups excluding carboxylic acids is 1. The van der Waals surface area contributed by atoms with Crippen molar-refractivity contribution in [3.8, 4) is 0 Å². The molecule has 2 rings (SSSR count). The lowest BCUT2D eigenvalue weighted by Gasteiger charge is -2.07. The predicted octanol–water partition coefficient (Wildman–Crippen LogP) is 1.31. The van der Waals surface area contributed by atoms with E-state index in [0.29, 0.717) is 17.3 Å². The highest BCUT2D eigenvalue weighted by molar-refractivity contribution is 6.31. The zero-order valence-electron chi connectivity index (χ0n) is 11.0. The molecule has 7 nitrogen and oxygen atoms in total. The van der Waals surface area contributed by atoms with Crippen LogP contribution in [0.25, 0.3) is 0 Å². The average Bonchev–Trinajstić information content (AvgIpc) is 2.84. The summed E-state index contributed by atoms with van der Waals surface area (Å²) < 4.78 is 11.3. The normalized spacial score (nSPS) is 10.6. The second-order valence-corrected chi connectivity index (χ2v) is 4.34. The molecule has 0 atom stereocenters. The molecule has 0 N–H and O–H groups in total. The summed E-state index contributed by atoms with van der Waals surface area (Å²) in [6.07, 6.45) is 3.18. The van der Waals surface area contributed by atoms with Gasteiger partial charge >= 0.3 is 5.97 Å². The molecule has 0 aliphatic rings. The molecule has 0 saturated carbocycles. The number of aromatic nitrogens is 4. The monoisotopic (exact) mass is 296 g/mol. The molecule has 0 radical (unpaired) electrons. The summed E-state index contributed by atoms with van der Waals surface area (Å²) in [7, 11) is 2.81. The number of methoxy groups -OCH3 is 2. The lowest BCUT2D eigenvalue weighted by Crippen LogP contribution is -2.11. The van der Waals surface area contributed by atoms with E-state index in [2.05, 4.69) is 20.0 Å². The fourth-order valence-corrected chi connectivity index (χ4v) is 1.87. The van der Waals surface area contributed by atoms with Crippen molar-refractivity contribution in [3.05, 3.63) is 40.4 Å². The number of hydrogen-bond donors (Lipinski definition) is 0. The van der Waals surface area contributed by atoms with Gasteiger partial charge in [-0.2, -0.15) is 0 Å². The highest BCUT2D eigenvalue weighted by Crippen LogP contribution is 2.17. The summed E-state index contributed by atoms with van der Waals surface area (Å²) in [6.45, 7) is 0.560. The number of carbonyl (C=O) groups is 1. The Morgan fingerprint density at radius 2 is 2.25 bits per heavy atom. The van der Waals surface area contributed by atoms with E-state index >= 15 is 0 Å². The minimum atomic E-state index is -0.552. The van der Waals surface area contributed by atoms with Gasteiger partial charge in [0.25, 0.3) is 0 Å². The van der Waals surface area contributed by atoms with Gasteiger partial charge in [-0.15, -0.1) is 5.10 Å². The van der Waals surface area contributed by atoms with E-state index in [-0.39, 0.29) is 12.3 Å². The quantitative estimate of drug-likeness (QED) is 0.774. The number of esters is 1. The first kappa shape index (κ1) is 14.4. The van der Waals surface area contributed by atoms with Crippen LogP contribution in [0.2, 0.25) is 5.02 Å². The number of rotatable bonds is 5. The van der Waals surface area contributed by atoms with Crippen LogP contribution in [-0.4, -0.2) is 40.2 Å². The maximum absolute atomic E-state index is 11.6. The van der Waals surface area contributed by atoms with Crippen LogP contribution in [0.4, 0.5) is 0 Å². The Labute approximate surface area is 120 Å². The van der Waals surface area contributed by atoms with Gasteiger partial charge in [0, 0.05) is 19.5 Å².